The molecule has 4 heteroatoms. The molecule has 1 heterocycles. The van der Waals surface area contributed by atoms with Crippen molar-refractivity contribution in [3.05, 3.63) is 29.6 Å². The van der Waals surface area contributed by atoms with E-state index in [0.29, 0.717) is 24.4 Å². The number of hydrogen-bond acceptors (Lipinski definition) is 3. The monoisotopic (exact) mass is 294 g/mol. The van der Waals surface area contributed by atoms with Crippen LogP contribution in [0.2, 0.25) is 0 Å². The van der Waals surface area contributed by atoms with Crippen molar-refractivity contribution in [2.24, 2.45) is 17.6 Å². The Morgan fingerprint density at radius 1 is 1.38 bits per heavy atom. The van der Waals surface area contributed by atoms with Crippen LogP contribution in [0.1, 0.15) is 38.8 Å². The number of benzene rings is 1. The second-order valence-electron chi connectivity index (χ2n) is 6.40. The number of ether oxygens (including phenoxy) is 1. The highest BCUT2D eigenvalue weighted by atomic mass is 19.1. The Hall–Kier alpha value is -1.13. The van der Waals surface area contributed by atoms with Gasteiger partial charge in [-0.3, -0.25) is 4.90 Å². The van der Waals surface area contributed by atoms with Crippen molar-refractivity contribution < 1.29 is 9.13 Å². The van der Waals surface area contributed by atoms with E-state index in [1.165, 1.54) is 13.5 Å². The van der Waals surface area contributed by atoms with E-state index in [2.05, 4.69) is 25.7 Å². The van der Waals surface area contributed by atoms with E-state index in [9.17, 15) is 4.39 Å². The van der Waals surface area contributed by atoms with Crippen LogP contribution in [0, 0.1) is 17.7 Å². The van der Waals surface area contributed by atoms with Crippen molar-refractivity contribution in [2.45, 2.75) is 39.3 Å². The topological polar surface area (TPSA) is 38.5 Å². The molecule has 118 valence electrons. The molecule has 2 rings (SSSR count). The summed E-state index contributed by atoms with van der Waals surface area (Å²) in [6.45, 7) is 8.32. The van der Waals surface area contributed by atoms with Crippen molar-refractivity contribution >= 4 is 0 Å². The Bertz CT molecular complexity index is 480. The summed E-state index contributed by atoms with van der Waals surface area (Å²) in [7, 11) is 1.48. The van der Waals surface area contributed by atoms with Gasteiger partial charge in [-0.15, -0.1) is 0 Å². The number of nitrogens with two attached hydrogens (primary N) is 1. The average molecular weight is 294 g/mol. The number of halogens is 1. The largest absolute Gasteiger partial charge is 0.494 e. The minimum atomic E-state index is -0.320. The molecule has 1 fully saturated rings. The van der Waals surface area contributed by atoms with Gasteiger partial charge < -0.3 is 10.5 Å². The van der Waals surface area contributed by atoms with E-state index in [0.717, 1.165) is 12.1 Å². The predicted molar refractivity (Wildman–Crippen MR) is 83.9 cm³/mol. The molecule has 0 aromatic heterocycles. The van der Waals surface area contributed by atoms with E-state index in [1.807, 2.05) is 6.07 Å². The molecular weight excluding hydrogens is 267 g/mol. The molecule has 3 nitrogen and oxygen atoms in total. The van der Waals surface area contributed by atoms with E-state index in [1.54, 1.807) is 12.1 Å². The number of rotatable bonds is 4. The lowest BCUT2D eigenvalue weighted by Gasteiger charge is -2.45. The Balaban J connectivity index is 2.28. The van der Waals surface area contributed by atoms with Gasteiger partial charge in [0.25, 0.3) is 0 Å². The average Bonchev–Trinajstić information content (AvgIpc) is 2.45. The maximum Gasteiger partial charge on any atom is 0.165 e. The van der Waals surface area contributed by atoms with Gasteiger partial charge in [0.2, 0.25) is 0 Å². The fourth-order valence-corrected chi connectivity index (χ4v) is 3.52. The normalized spacial score (nSPS) is 28.4. The van der Waals surface area contributed by atoms with E-state index in [-0.39, 0.29) is 17.6 Å². The fourth-order valence-electron chi connectivity index (χ4n) is 3.52. The lowest BCUT2D eigenvalue weighted by molar-refractivity contribution is 0.0423. The predicted octanol–water partition coefficient (Wildman–Crippen LogP) is 3.20. The molecule has 0 spiro atoms. The first-order valence-electron chi connectivity index (χ1n) is 7.77. The Morgan fingerprint density at radius 3 is 2.67 bits per heavy atom. The second kappa shape index (κ2) is 6.75. The van der Waals surface area contributed by atoms with Gasteiger partial charge in [-0.05, 0) is 42.9 Å². The molecule has 0 aliphatic carbocycles. The summed E-state index contributed by atoms with van der Waals surface area (Å²) in [6, 6.07) is 5.70. The van der Waals surface area contributed by atoms with Crippen LogP contribution < -0.4 is 10.5 Å². The fraction of sp³-hybridized carbons (Fsp3) is 0.647. The number of methoxy groups -OCH3 is 1. The first-order valence-corrected chi connectivity index (χ1v) is 7.77. The molecule has 1 aliphatic heterocycles. The molecule has 0 amide bonds. The van der Waals surface area contributed by atoms with Crippen molar-refractivity contribution in [3.8, 4) is 5.75 Å². The zero-order chi connectivity index (χ0) is 15.6. The van der Waals surface area contributed by atoms with Gasteiger partial charge in [-0.2, -0.15) is 0 Å². The van der Waals surface area contributed by atoms with Crippen LogP contribution in [0.25, 0.3) is 0 Å². The number of likely N-dealkylation sites (tertiary alicyclic amines) is 1. The van der Waals surface area contributed by atoms with Crippen molar-refractivity contribution in [3.63, 3.8) is 0 Å². The number of piperidine rings is 1. The van der Waals surface area contributed by atoms with Gasteiger partial charge in [0.15, 0.2) is 11.6 Å². The molecule has 2 N–H and O–H groups in total. The molecule has 4 atom stereocenters. The summed E-state index contributed by atoms with van der Waals surface area (Å²) in [6.07, 6.45) is 1.24. The minimum absolute atomic E-state index is 0.0607. The van der Waals surface area contributed by atoms with Crippen LogP contribution in [0.5, 0.6) is 5.75 Å². The maximum absolute atomic E-state index is 14.0. The first-order chi connectivity index (χ1) is 9.97. The summed E-state index contributed by atoms with van der Waals surface area (Å²) in [5, 5.41) is 0. The molecule has 0 saturated carbocycles. The van der Waals surface area contributed by atoms with Gasteiger partial charge in [0, 0.05) is 25.2 Å². The Labute approximate surface area is 127 Å². The van der Waals surface area contributed by atoms with E-state index in [4.69, 9.17) is 10.5 Å². The molecule has 4 unspecified atom stereocenters. The quantitative estimate of drug-likeness (QED) is 0.927. The third-order valence-corrected chi connectivity index (χ3v) is 4.83. The Kier molecular flexibility index (Phi) is 5.22. The SMILES string of the molecule is COc1ccc(C(CN)N2CC(C)CC(C)C2C)cc1F. The molecule has 21 heavy (non-hydrogen) atoms. The van der Waals surface area contributed by atoms with E-state index < -0.39 is 0 Å². The zero-order valence-electron chi connectivity index (χ0n) is 13.5. The molecule has 0 bridgehead atoms. The highest BCUT2D eigenvalue weighted by Gasteiger charge is 2.33. The standard InChI is InChI=1S/C17H27FN2O/c1-11-7-12(2)13(3)20(10-11)16(9-19)14-5-6-17(21-4)15(18)8-14/h5-6,8,11-13,16H,7,9-10,19H2,1-4H3. The van der Waals surface area contributed by atoms with Gasteiger partial charge in [-0.1, -0.05) is 19.9 Å². The highest BCUT2D eigenvalue weighted by molar-refractivity contribution is 5.31. The van der Waals surface area contributed by atoms with Crippen molar-refractivity contribution in [1.29, 1.82) is 0 Å². The van der Waals surface area contributed by atoms with Crippen LogP contribution in [0.4, 0.5) is 4.39 Å². The Morgan fingerprint density at radius 2 is 2.10 bits per heavy atom. The second-order valence-corrected chi connectivity index (χ2v) is 6.40. The third kappa shape index (κ3) is 3.38. The van der Waals surface area contributed by atoms with Gasteiger partial charge >= 0.3 is 0 Å². The molecule has 0 radical (unpaired) electrons. The highest BCUT2D eigenvalue weighted by Crippen LogP contribution is 2.34. The maximum atomic E-state index is 14.0. The first kappa shape index (κ1) is 16.2. The summed E-state index contributed by atoms with van der Waals surface area (Å²) < 4.78 is 19.0. The van der Waals surface area contributed by atoms with Gasteiger partial charge in [0.1, 0.15) is 0 Å². The van der Waals surface area contributed by atoms with Crippen LogP contribution in [0.3, 0.4) is 0 Å². The summed E-state index contributed by atoms with van der Waals surface area (Å²) in [5.74, 6) is 1.24. The van der Waals surface area contributed by atoms with Gasteiger partial charge in [0.05, 0.1) is 7.11 Å². The smallest absolute Gasteiger partial charge is 0.165 e. The van der Waals surface area contributed by atoms with Crippen LogP contribution in [-0.4, -0.2) is 31.1 Å². The molecular formula is C17H27FN2O. The molecule has 1 aromatic rings. The lowest BCUT2D eigenvalue weighted by Crippen LogP contribution is -2.49. The molecule has 1 saturated heterocycles. The molecule has 1 aromatic carbocycles. The third-order valence-electron chi connectivity index (χ3n) is 4.83. The molecule has 1 aliphatic rings. The minimum Gasteiger partial charge on any atom is -0.494 e. The van der Waals surface area contributed by atoms with E-state index >= 15 is 0 Å². The summed E-state index contributed by atoms with van der Waals surface area (Å²) in [5.41, 5.74) is 6.95. The van der Waals surface area contributed by atoms with Gasteiger partial charge in [-0.25, -0.2) is 4.39 Å². The van der Waals surface area contributed by atoms with Crippen LogP contribution in [-0.2, 0) is 0 Å². The summed E-state index contributed by atoms with van der Waals surface area (Å²) in [4.78, 5) is 2.43. The van der Waals surface area contributed by atoms with Crippen molar-refractivity contribution in [2.75, 3.05) is 20.2 Å². The number of nitrogens with zero attached hydrogens (tertiary/aromatic N) is 1. The van der Waals surface area contributed by atoms with Crippen LogP contribution in [0.15, 0.2) is 18.2 Å². The van der Waals surface area contributed by atoms with Crippen molar-refractivity contribution in [1.82, 2.24) is 4.90 Å². The zero-order valence-corrected chi connectivity index (χ0v) is 13.5. The lowest BCUT2D eigenvalue weighted by atomic mass is 9.84. The number of hydrogen-bond donors (Lipinski definition) is 1. The summed E-state index contributed by atoms with van der Waals surface area (Å²) >= 11 is 0. The van der Waals surface area contributed by atoms with Crippen LogP contribution >= 0.6 is 0 Å².